The van der Waals surface area contributed by atoms with Crippen LogP contribution in [0.25, 0.3) is 22.2 Å². The Labute approximate surface area is 147 Å². The van der Waals surface area contributed by atoms with Crippen molar-refractivity contribution in [3.05, 3.63) is 48.3 Å². The molecule has 0 unspecified atom stereocenters. The van der Waals surface area contributed by atoms with Crippen LogP contribution in [0, 0.1) is 6.92 Å². The molecule has 0 radical (unpaired) electrons. The van der Waals surface area contributed by atoms with Crippen LogP contribution in [0.1, 0.15) is 31.2 Å². The highest BCUT2D eigenvalue weighted by Crippen LogP contribution is 2.25. The van der Waals surface area contributed by atoms with Crippen LogP contribution in [0.2, 0.25) is 0 Å². The third-order valence-corrected chi connectivity index (χ3v) is 4.89. The molecule has 5 heteroatoms. The van der Waals surface area contributed by atoms with Gasteiger partial charge in [0.1, 0.15) is 0 Å². The average molecular weight is 334 g/mol. The number of hydrogen-bond donors (Lipinski definition) is 2. The summed E-state index contributed by atoms with van der Waals surface area (Å²) in [7, 11) is 0. The molecular weight excluding hydrogens is 312 g/mol. The lowest BCUT2D eigenvalue weighted by Crippen LogP contribution is -2.28. The normalized spacial score (nSPS) is 20.6. The molecule has 25 heavy (non-hydrogen) atoms. The molecule has 2 aromatic heterocycles. The molecule has 0 atom stereocenters. The summed E-state index contributed by atoms with van der Waals surface area (Å²) in [5.74, 6) is 0.663. The molecule has 0 saturated heterocycles. The number of aryl methyl sites for hydroxylation is 1. The topological polar surface area (TPSA) is 70.9 Å². The summed E-state index contributed by atoms with van der Waals surface area (Å²) in [6.07, 6.45) is 7.14. The minimum Gasteiger partial charge on any atom is -0.393 e. The van der Waals surface area contributed by atoms with Gasteiger partial charge in [-0.1, -0.05) is 12.1 Å². The Morgan fingerprint density at radius 1 is 1.08 bits per heavy atom. The van der Waals surface area contributed by atoms with Crippen LogP contribution in [0.5, 0.6) is 0 Å². The number of rotatable bonds is 3. The van der Waals surface area contributed by atoms with Gasteiger partial charge in [0.05, 0.1) is 17.3 Å². The minimum atomic E-state index is -0.149. The molecule has 0 bridgehead atoms. The van der Waals surface area contributed by atoms with E-state index < -0.39 is 0 Å². The lowest BCUT2D eigenvalue weighted by molar-refractivity contribution is 0.126. The molecule has 2 heterocycles. The molecule has 4 rings (SSSR count). The molecule has 0 aliphatic heterocycles. The van der Waals surface area contributed by atoms with Crippen molar-refractivity contribution >= 4 is 16.9 Å². The highest BCUT2D eigenvalue weighted by Gasteiger charge is 2.19. The molecular formula is C20H22N4O. The first kappa shape index (κ1) is 16.0. The van der Waals surface area contributed by atoms with Crippen LogP contribution in [0.4, 0.5) is 5.95 Å². The number of nitrogens with one attached hydrogen (secondary N) is 1. The van der Waals surface area contributed by atoms with Crippen LogP contribution < -0.4 is 5.32 Å². The van der Waals surface area contributed by atoms with Gasteiger partial charge in [-0.2, -0.15) is 0 Å². The zero-order chi connectivity index (χ0) is 17.2. The summed E-state index contributed by atoms with van der Waals surface area (Å²) < 4.78 is 0. The predicted octanol–water partition coefficient (Wildman–Crippen LogP) is 3.72. The van der Waals surface area contributed by atoms with Crippen molar-refractivity contribution in [3.63, 3.8) is 0 Å². The lowest BCUT2D eigenvalue weighted by atomic mass is 9.93. The molecule has 128 valence electrons. The minimum absolute atomic E-state index is 0.149. The maximum absolute atomic E-state index is 9.61. The zero-order valence-corrected chi connectivity index (χ0v) is 14.3. The SMILES string of the molecule is Cc1cccnc1-c1ccc2nc(NC3CCC(O)CC3)ncc2c1. The van der Waals surface area contributed by atoms with Crippen LogP contribution in [0.15, 0.2) is 42.7 Å². The van der Waals surface area contributed by atoms with Gasteiger partial charge < -0.3 is 10.4 Å². The summed E-state index contributed by atoms with van der Waals surface area (Å²) in [5.41, 5.74) is 4.15. The number of benzene rings is 1. The Bertz CT molecular complexity index is 888. The van der Waals surface area contributed by atoms with Gasteiger partial charge in [0.15, 0.2) is 0 Å². The van der Waals surface area contributed by atoms with E-state index in [0.717, 1.165) is 53.4 Å². The second kappa shape index (κ2) is 6.76. The Morgan fingerprint density at radius 3 is 2.72 bits per heavy atom. The first-order chi connectivity index (χ1) is 12.2. The molecule has 2 N–H and O–H groups in total. The van der Waals surface area contributed by atoms with Gasteiger partial charge in [0.25, 0.3) is 0 Å². The fraction of sp³-hybridized carbons (Fsp3) is 0.350. The van der Waals surface area contributed by atoms with E-state index in [1.54, 1.807) is 0 Å². The molecule has 5 nitrogen and oxygen atoms in total. The number of nitrogens with zero attached hydrogens (tertiary/aromatic N) is 3. The number of pyridine rings is 1. The largest absolute Gasteiger partial charge is 0.393 e. The second-order valence-electron chi connectivity index (χ2n) is 6.79. The monoisotopic (exact) mass is 334 g/mol. The average Bonchev–Trinajstić information content (AvgIpc) is 2.64. The van der Waals surface area contributed by atoms with Gasteiger partial charge in [-0.15, -0.1) is 0 Å². The fourth-order valence-electron chi connectivity index (χ4n) is 3.44. The molecule has 0 spiro atoms. The van der Waals surface area contributed by atoms with Crippen LogP contribution in [-0.4, -0.2) is 32.2 Å². The highest BCUT2D eigenvalue weighted by atomic mass is 16.3. The Kier molecular flexibility index (Phi) is 4.32. The van der Waals surface area contributed by atoms with E-state index in [2.05, 4.69) is 45.4 Å². The first-order valence-corrected chi connectivity index (χ1v) is 8.82. The maximum atomic E-state index is 9.61. The van der Waals surface area contributed by atoms with E-state index in [-0.39, 0.29) is 6.10 Å². The van der Waals surface area contributed by atoms with Crippen LogP contribution in [0.3, 0.4) is 0 Å². The van der Waals surface area contributed by atoms with Gasteiger partial charge >= 0.3 is 0 Å². The summed E-state index contributed by atoms with van der Waals surface area (Å²) >= 11 is 0. The third kappa shape index (κ3) is 3.46. The molecule has 0 amide bonds. The number of hydrogen-bond acceptors (Lipinski definition) is 5. The number of aliphatic hydroxyl groups excluding tert-OH is 1. The van der Waals surface area contributed by atoms with E-state index in [0.29, 0.717) is 12.0 Å². The second-order valence-corrected chi connectivity index (χ2v) is 6.79. The third-order valence-electron chi connectivity index (χ3n) is 4.89. The molecule has 1 saturated carbocycles. The quantitative estimate of drug-likeness (QED) is 0.764. The van der Waals surface area contributed by atoms with Crippen molar-refractivity contribution in [1.82, 2.24) is 15.0 Å². The van der Waals surface area contributed by atoms with Crippen LogP contribution >= 0.6 is 0 Å². The van der Waals surface area contributed by atoms with E-state index in [9.17, 15) is 5.11 Å². The molecule has 1 aliphatic rings. The Hall–Kier alpha value is -2.53. The van der Waals surface area contributed by atoms with Crippen molar-refractivity contribution in [2.24, 2.45) is 0 Å². The zero-order valence-electron chi connectivity index (χ0n) is 14.3. The number of aromatic nitrogens is 3. The van der Waals surface area contributed by atoms with Crippen molar-refractivity contribution in [3.8, 4) is 11.3 Å². The smallest absolute Gasteiger partial charge is 0.223 e. The van der Waals surface area contributed by atoms with Gasteiger partial charge in [-0.25, -0.2) is 9.97 Å². The molecule has 1 aromatic carbocycles. The van der Waals surface area contributed by atoms with E-state index in [1.165, 1.54) is 0 Å². The standard InChI is InChI=1S/C20H22N4O/c1-13-3-2-10-21-19(13)14-4-9-18-15(11-14)12-22-20(24-18)23-16-5-7-17(25)8-6-16/h2-4,9-12,16-17,25H,5-8H2,1H3,(H,22,23,24). The highest BCUT2D eigenvalue weighted by molar-refractivity contribution is 5.84. The van der Waals surface area contributed by atoms with Crippen molar-refractivity contribution in [1.29, 1.82) is 0 Å². The van der Waals surface area contributed by atoms with Crippen molar-refractivity contribution in [2.75, 3.05) is 5.32 Å². The van der Waals surface area contributed by atoms with E-state index in [1.807, 2.05) is 24.5 Å². The maximum Gasteiger partial charge on any atom is 0.223 e. The molecule has 1 fully saturated rings. The Balaban J connectivity index is 1.58. The number of anilines is 1. The van der Waals surface area contributed by atoms with Crippen molar-refractivity contribution in [2.45, 2.75) is 44.8 Å². The summed E-state index contributed by atoms with van der Waals surface area (Å²) in [4.78, 5) is 13.6. The fourth-order valence-corrected chi connectivity index (χ4v) is 3.44. The van der Waals surface area contributed by atoms with E-state index >= 15 is 0 Å². The first-order valence-electron chi connectivity index (χ1n) is 8.82. The summed E-state index contributed by atoms with van der Waals surface area (Å²) in [5, 5.41) is 14.0. The van der Waals surface area contributed by atoms with Crippen molar-refractivity contribution < 1.29 is 5.11 Å². The van der Waals surface area contributed by atoms with Crippen LogP contribution in [-0.2, 0) is 0 Å². The summed E-state index contributed by atoms with van der Waals surface area (Å²) in [6, 6.07) is 10.5. The molecule has 3 aromatic rings. The van der Waals surface area contributed by atoms with Gasteiger partial charge in [-0.3, -0.25) is 4.98 Å². The summed E-state index contributed by atoms with van der Waals surface area (Å²) in [6.45, 7) is 2.07. The molecule has 1 aliphatic carbocycles. The van der Waals surface area contributed by atoms with Gasteiger partial charge in [0, 0.05) is 29.4 Å². The van der Waals surface area contributed by atoms with Gasteiger partial charge in [-0.05, 0) is 56.4 Å². The van der Waals surface area contributed by atoms with E-state index in [4.69, 9.17) is 0 Å². The lowest BCUT2D eigenvalue weighted by Gasteiger charge is -2.26. The number of fused-ring (bicyclic) bond motifs is 1. The van der Waals surface area contributed by atoms with Gasteiger partial charge in [0.2, 0.25) is 5.95 Å². The predicted molar refractivity (Wildman–Crippen MR) is 99.4 cm³/mol. The number of aliphatic hydroxyl groups is 1. The Morgan fingerprint density at radius 2 is 1.92 bits per heavy atom.